The first-order valence-electron chi connectivity index (χ1n) is 11.4. The van der Waals surface area contributed by atoms with Gasteiger partial charge in [-0.3, -0.25) is 9.59 Å². The number of Topliss-reactive ketones (excluding diaryl/α,β-unsaturated/α-hetero) is 1. The summed E-state index contributed by atoms with van der Waals surface area (Å²) in [7, 11) is 0. The number of carbonyl (C=O) groups is 3. The monoisotopic (exact) mass is 454 g/mol. The Kier molecular flexibility index (Phi) is 7.61. The van der Waals surface area contributed by atoms with Gasteiger partial charge in [0.2, 0.25) is 5.78 Å². The van der Waals surface area contributed by atoms with E-state index in [2.05, 4.69) is 16.7 Å². The molecule has 2 aromatic rings. The first-order chi connectivity index (χ1) is 15.5. The minimum atomic E-state index is -0.552. The molecular weight excluding hydrogens is 420 g/mol. The zero-order valence-electron chi connectivity index (χ0n) is 20.2. The molecule has 0 spiro atoms. The number of ether oxygens (including phenoxy) is 2. The third kappa shape index (κ3) is 6.46. The molecule has 1 saturated heterocycles. The van der Waals surface area contributed by atoms with Crippen LogP contribution in [0.15, 0.2) is 36.4 Å². The molecule has 1 aromatic heterocycles. The van der Waals surface area contributed by atoms with E-state index in [-0.39, 0.29) is 30.4 Å². The lowest BCUT2D eigenvalue weighted by atomic mass is 9.97. The molecule has 0 unspecified atom stereocenters. The number of ketones is 1. The molecule has 0 saturated carbocycles. The van der Waals surface area contributed by atoms with E-state index in [4.69, 9.17) is 9.47 Å². The fourth-order valence-electron chi connectivity index (χ4n) is 4.05. The van der Waals surface area contributed by atoms with Crippen LogP contribution in [0, 0.1) is 19.8 Å². The van der Waals surface area contributed by atoms with Gasteiger partial charge < -0.3 is 18.9 Å². The number of rotatable bonds is 6. The van der Waals surface area contributed by atoms with Gasteiger partial charge in [0.25, 0.3) is 0 Å². The lowest BCUT2D eigenvalue weighted by Crippen LogP contribution is -2.43. The standard InChI is InChI=1S/C26H34N2O5/c1-18-15-22(19(2)28(18)16-20-9-7-6-8-10-20)23(29)17-32-24(30)21-11-13-27(14-12-21)25(31)33-26(3,4)5/h6-10,15,21H,11-14,16-17H2,1-5H3. The number of hydrogen-bond acceptors (Lipinski definition) is 5. The van der Waals surface area contributed by atoms with Crippen molar-refractivity contribution in [3.8, 4) is 0 Å². The summed E-state index contributed by atoms with van der Waals surface area (Å²) in [5.74, 6) is -0.908. The Morgan fingerprint density at radius 1 is 1.03 bits per heavy atom. The SMILES string of the molecule is Cc1cc(C(=O)COC(=O)C2CCN(C(=O)OC(C)(C)C)CC2)c(C)n1Cc1ccccc1. The smallest absolute Gasteiger partial charge is 0.410 e. The quantitative estimate of drug-likeness (QED) is 0.474. The van der Waals surface area contributed by atoms with Gasteiger partial charge in [-0.2, -0.15) is 0 Å². The highest BCUT2D eigenvalue weighted by atomic mass is 16.6. The van der Waals surface area contributed by atoms with E-state index in [0.717, 1.165) is 17.0 Å². The van der Waals surface area contributed by atoms with Crippen LogP contribution >= 0.6 is 0 Å². The van der Waals surface area contributed by atoms with Crippen molar-refractivity contribution in [2.45, 2.75) is 59.6 Å². The lowest BCUT2D eigenvalue weighted by molar-refractivity contribution is -0.149. The minimum Gasteiger partial charge on any atom is -0.457 e. The minimum absolute atomic E-state index is 0.207. The maximum atomic E-state index is 12.8. The average molecular weight is 455 g/mol. The summed E-state index contributed by atoms with van der Waals surface area (Å²) in [4.78, 5) is 39.1. The highest BCUT2D eigenvalue weighted by Crippen LogP contribution is 2.22. The Labute approximate surface area is 195 Å². The van der Waals surface area contributed by atoms with Crippen molar-refractivity contribution in [3.63, 3.8) is 0 Å². The van der Waals surface area contributed by atoms with Crippen LogP contribution in [0.2, 0.25) is 0 Å². The second-order valence-corrected chi connectivity index (χ2v) is 9.63. The van der Waals surface area contributed by atoms with Crippen molar-refractivity contribution in [2.75, 3.05) is 19.7 Å². The fraction of sp³-hybridized carbons (Fsp3) is 0.500. The number of piperidine rings is 1. The number of aromatic nitrogens is 1. The molecule has 0 radical (unpaired) electrons. The number of likely N-dealkylation sites (tertiary alicyclic amines) is 1. The van der Waals surface area contributed by atoms with Crippen molar-refractivity contribution >= 4 is 17.8 Å². The van der Waals surface area contributed by atoms with Gasteiger partial charge in [0.1, 0.15) is 5.60 Å². The number of hydrogen-bond donors (Lipinski definition) is 0. The van der Waals surface area contributed by atoms with Crippen LogP contribution < -0.4 is 0 Å². The molecule has 2 heterocycles. The van der Waals surface area contributed by atoms with Crippen molar-refractivity contribution in [1.29, 1.82) is 0 Å². The van der Waals surface area contributed by atoms with E-state index < -0.39 is 5.60 Å². The van der Waals surface area contributed by atoms with Gasteiger partial charge in [-0.1, -0.05) is 30.3 Å². The number of esters is 1. The summed E-state index contributed by atoms with van der Waals surface area (Å²) in [5.41, 5.74) is 3.03. The molecular formula is C26H34N2O5. The van der Waals surface area contributed by atoms with Crippen LogP contribution in [-0.2, 0) is 20.8 Å². The second kappa shape index (κ2) is 10.2. The van der Waals surface area contributed by atoms with Crippen molar-refractivity contribution in [1.82, 2.24) is 9.47 Å². The number of aryl methyl sites for hydroxylation is 1. The summed E-state index contributed by atoms with van der Waals surface area (Å²) >= 11 is 0. The van der Waals surface area contributed by atoms with Crippen LogP contribution in [0.5, 0.6) is 0 Å². The maximum Gasteiger partial charge on any atom is 0.410 e. The molecule has 1 fully saturated rings. The second-order valence-electron chi connectivity index (χ2n) is 9.63. The lowest BCUT2D eigenvalue weighted by Gasteiger charge is -2.32. The van der Waals surface area contributed by atoms with Gasteiger partial charge in [0.15, 0.2) is 6.61 Å². The van der Waals surface area contributed by atoms with Crippen LogP contribution in [0.4, 0.5) is 4.79 Å². The normalized spacial score (nSPS) is 14.8. The van der Waals surface area contributed by atoms with E-state index in [1.54, 1.807) is 4.90 Å². The molecule has 7 nitrogen and oxygen atoms in total. The molecule has 0 bridgehead atoms. The molecule has 0 aliphatic carbocycles. The van der Waals surface area contributed by atoms with Gasteiger partial charge >= 0.3 is 12.1 Å². The number of carbonyl (C=O) groups excluding carboxylic acids is 3. The van der Waals surface area contributed by atoms with E-state index >= 15 is 0 Å². The zero-order chi connectivity index (χ0) is 24.2. The number of benzene rings is 1. The van der Waals surface area contributed by atoms with Crippen LogP contribution in [0.3, 0.4) is 0 Å². The fourth-order valence-corrected chi connectivity index (χ4v) is 4.05. The number of nitrogens with zero attached hydrogens (tertiary/aromatic N) is 2. The Morgan fingerprint density at radius 3 is 2.27 bits per heavy atom. The van der Waals surface area contributed by atoms with Crippen LogP contribution in [0.1, 0.15) is 60.9 Å². The van der Waals surface area contributed by atoms with Crippen LogP contribution in [0.25, 0.3) is 0 Å². The van der Waals surface area contributed by atoms with E-state index in [1.165, 1.54) is 0 Å². The molecule has 0 N–H and O–H groups in total. The predicted octanol–water partition coefficient (Wildman–Crippen LogP) is 4.53. The molecule has 0 atom stereocenters. The first kappa shape index (κ1) is 24.6. The summed E-state index contributed by atoms with van der Waals surface area (Å²) in [6, 6.07) is 11.9. The predicted molar refractivity (Wildman–Crippen MR) is 125 cm³/mol. The third-order valence-electron chi connectivity index (χ3n) is 5.88. The summed E-state index contributed by atoms with van der Waals surface area (Å²) in [6.45, 7) is 10.6. The first-order valence-corrected chi connectivity index (χ1v) is 11.4. The zero-order valence-corrected chi connectivity index (χ0v) is 20.2. The van der Waals surface area contributed by atoms with Gasteiger partial charge in [-0.05, 0) is 59.1 Å². The van der Waals surface area contributed by atoms with Crippen LogP contribution in [-0.4, -0.2) is 52.6 Å². The molecule has 1 aliphatic rings. The van der Waals surface area contributed by atoms with Gasteiger partial charge in [0.05, 0.1) is 5.92 Å². The highest BCUT2D eigenvalue weighted by Gasteiger charge is 2.31. The largest absolute Gasteiger partial charge is 0.457 e. The average Bonchev–Trinajstić information content (AvgIpc) is 3.05. The van der Waals surface area contributed by atoms with Gasteiger partial charge in [0, 0.05) is 36.6 Å². The Bertz CT molecular complexity index is 996. The topological polar surface area (TPSA) is 77.8 Å². The maximum absolute atomic E-state index is 12.8. The summed E-state index contributed by atoms with van der Waals surface area (Å²) in [6.07, 6.45) is 0.630. The van der Waals surface area contributed by atoms with Gasteiger partial charge in [-0.25, -0.2) is 4.79 Å². The molecule has 7 heteroatoms. The molecule has 1 aromatic carbocycles. The Morgan fingerprint density at radius 2 is 1.67 bits per heavy atom. The molecule has 1 aliphatic heterocycles. The molecule has 33 heavy (non-hydrogen) atoms. The summed E-state index contributed by atoms with van der Waals surface area (Å²) in [5, 5.41) is 0. The van der Waals surface area contributed by atoms with Crippen molar-refractivity contribution in [2.24, 2.45) is 5.92 Å². The highest BCUT2D eigenvalue weighted by molar-refractivity contribution is 5.99. The third-order valence-corrected chi connectivity index (χ3v) is 5.88. The number of amides is 1. The van der Waals surface area contributed by atoms with E-state index in [1.807, 2.05) is 58.9 Å². The van der Waals surface area contributed by atoms with E-state index in [0.29, 0.717) is 38.0 Å². The Balaban J connectivity index is 1.52. The molecule has 178 valence electrons. The van der Waals surface area contributed by atoms with E-state index in [9.17, 15) is 14.4 Å². The summed E-state index contributed by atoms with van der Waals surface area (Å²) < 4.78 is 12.8. The molecule has 3 rings (SSSR count). The van der Waals surface area contributed by atoms with Crippen molar-refractivity contribution in [3.05, 3.63) is 58.9 Å². The Hall–Kier alpha value is -3.09. The van der Waals surface area contributed by atoms with Crippen molar-refractivity contribution < 1.29 is 23.9 Å². The van der Waals surface area contributed by atoms with Gasteiger partial charge in [-0.15, -0.1) is 0 Å². The molecule has 1 amide bonds.